The molecule has 0 aliphatic carbocycles. The minimum atomic E-state index is -0.570. The van der Waals surface area contributed by atoms with Crippen molar-refractivity contribution in [3.63, 3.8) is 0 Å². The predicted octanol–water partition coefficient (Wildman–Crippen LogP) is 4.75. The van der Waals surface area contributed by atoms with E-state index in [1.54, 1.807) is 6.07 Å². The number of ether oxygens (including phenoxy) is 1. The lowest BCUT2D eigenvalue weighted by Gasteiger charge is -2.37. The van der Waals surface area contributed by atoms with E-state index in [0.717, 1.165) is 44.6 Å². The first-order valence-electron chi connectivity index (χ1n) is 14.3. The number of piperidine rings is 1. The topological polar surface area (TPSA) is 56.8 Å². The average molecular weight is 549 g/mol. The molecular formula is C31H38F2N6O. The molecule has 0 saturated carbocycles. The van der Waals surface area contributed by atoms with E-state index >= 15 is 8.78 Å². The van der Waals surface area contributed by atoms with E-state index in [9.17, 15) is 0 Å². The Morgan fingerprint density at radius 2 is 1.80 bits per heavy atom. The summed E-state index contributed by atoms with van der Waals surface area (Å²) in [6, 6.07) is 8.27. The minimum absolute atomic E-state index is 0.108. The second-order valence-corrected chi connectivity index (χ2v) is 11.6. The van der Waals surface area contributed by atoms with Crippen molar-refractivity contribution in [2.75, 3.05) is 50.1 Å². The summed E-state index contributed by atoms with van der Waals surface area (Å²) in [5, 5.41) is 3.52. The molecule has 0 radical (unpaired) electrons. The van der Waals surface area contributed by atoms with Crippen molar-refractivity contribution in [2.24, 2.45) is 0 Å². The molecule has 1 N–H and O–H groups in total. The van der Waals surface area contributed by atoms with Gasteiger partial charge in [0.2, 0.25) is 0 Å². The summed E-state index contributed by atoms with van der Waals surface area (Å²) < 4.78 is 35.8. The van der Waals surface area contributed by atoms with Gasteiger partial charge < -0.3 is 24.8 Å². The number of aromatic nitrogens is 2. The van der Waals surface area contributed by atoms with Crippen LogP contribution in [0.1, 0.15) is 49.2 Å². The Morgan fingerprint density at radius 1 is 1.02 bits per heavy atom. The van der Waals surface area contributed by atoms with Crippen molar-refractivity contribution in [1.82, 2.24) is 20.2 Å². The zero-order valence-corrected chi connectivity index (χ0v) is 23.8. The quantitative estimate of drug-likeness (QED) is 0.477. The molecule has 2 aromatic carbocycles. The lowest BCUT2D eigenvalue weighted by atomic mass is 9.96. The second kappa shape index (κ2) is 10.9. The smallest absolute Gasteiger partial charge is 0.178 e. The van der Waals surface area contributed by atoms with E-state index in [0.29, 0.717) is 42.7 Å². The summed E-state index contributed by atoms with van der Waals surface area (Å²) in [7, 11) is 4.33. The maximum atomic E-state index is 15.1. The molecule has 4 heterocycles. The molecule has 3 aliphatic rings. The Labute approximate surface area is 235 Å². The van der Waals surface area contributed by atoms with Gasteiger partial charge in [0.25, 0.3) is 0 Å². The highest BCUT2D eigenvalue weighted by atomic mass is 19.1. The van der Waals surface area contributed by atoms with Crippen LogP contribution >= 0.6 is 0 Å². The van der Waals surface area contributed by atoms with Crippen molar-refractivity contribution < 1.29 is 13.5 Å². The van der Waals surface area contributed by atoms with Gasteiger partial charge in [-0.15, -0.1) is 0 Å². The first kappa shape index (κ1) is 26.9. The zero-order valence-electron chi connectivity index (χ0n) is 23.8. The summed E-state index contributed by atoms with van der Waals surface area (Å²) in [6.45, 7) is 8.89. The fourth-order valence-corrected chi connectivity index (χ4v) is 6.38. The van der Waals surface area contributed by atoms with Gasteiger partial charge in [-0.05, 0) is 75.7 Å². The van der Waals surface area contributed by atoms with Crippen molar-refractivity contribution in [2.45, 2.75) is 58.3 Å². The van der Waals surface area contributed by atoms with Crippen LogP contribution in [0.15, 0.2) is 30.5 Å². The SMILES string of the molecule is CC(C)N1CCOc2c(F)cc(-c3nc(Cc4ccc(N5CCC(N(C)C)CC5)c5c4CNC5)ncc3F)cc21. The van der Waals surface area contributed by atoms with Crippen LogP contribution < -0.4 is 19.9 Å². The average Bonchev–Trinajstić information content (AvgIpc) is 3.44. The molecule has 3 aromatic rings. The first-order valence-corrected chi connectivity index (χ1v) is 14.3. The number of nitrogens with one attached hydrogen (secondary N) is 1. The lowest BCUT2D eigenvalue weighted by Crippen LogP contribution is -2.42. The standard InChI is InChI=1S/C31H38F2N6O/c1-19(2)39-11-12-40-31-25(32)13-21(14-28(31)39)30-26(33)18-35-29(36-30)15-20-5-6-27(24-17-34-16-23(20)24)38-9-7-22(8-10-38)37(3)4/h5-6,13-14,18-19,22,34H,7-12,15-17H2,1-4H3. The van der Waals surface area contributed by atoms with Crippen LogP contribution in [0.3, 0.4) is 0 Å². The molecule has 3 aliphatic heterocycles. The van der Waals surface area contributed by atoms with Crippen LogP contribution in [-0.4, -0.2) is 67.3 Å². The summed E-state index contributed by atoms with van der Waals surface area (Å²) in [5.74, 6) is -0.349. The molecule has 1 fully saturated rings. The fraction of sp³-hybridized carbons (Fsp3) is 0.484. The zero-order chi connectivity index (χ0) is 28.0. The van der Waals surface area contributed by atoms with Gasteiger partial charge in [0.05, 0.1) is 18.4 Å². The molecule has 0 bridgehead atoms. The highest BCUT2D eigenvalue weighted by Gasteiger charge is 2.28. The van der Waals surface area contributed by atoms with E-state index in [4.69, 9.17) is 4.74 Å². The van der Waals surface area contributed by atoms with Gasteiger partial charge in [-0.3, -0.25) is 0 Å². The van der Waals surface area contributed by atoms with Gasteiger partial charge in [-0.25, -0.2) is 18.7 Å². The van der Waals surface area contributed by atoms with Crippen LogP contribution in [0.4, 0.5) is 20.2 Å². The number of benzene rings is 2. The maximum absolute atomic E-state index is 15.1. The Hall–Kier alpha value is -3.30. The molecule has 0 spiro atoms. The maximum Gasteiger partial charge on any atom is 0.178 e. The monoisotopic (exact) mass is 548 g/mol. The van der Waals surface area contributed by atoms with E-state index in [1.807, 2.05) is 13.8 Å². The first-order chi connectivity index (χ1) is 19.3. The van der Waals surface area contributed by atoms with Crippen LogP contribution in [-0.2, 0) is 19.5 Å². The molecule has 9 heteroatoms. The predicted molar refractivity (Wildman–Crippen MR) is 154 cm³/mol. The largest absolute Gasteiger partial charge is 0.486 e. The van der Waals surface area contributed by atoms with E-state index in [1.165, 1.54) is 29.1 Å². The summed E-state index contributed by atoms with van der Waals surface area (Å²) in [4.78, 5) is 15.9. The third-order valence-electron chi connectivity index (χ3n) is 8.59. The summed E-state index contributed by atoms with van der Waals surface area (Å²) in [6.07, 6.45) is 4.00. The number of fused-ring (bicyclic) bond motifs is 2. The summed E-state index contributed by atoms with van der Waals surface area (Å²) in [5.41, 5.74) is 6.20. The van der Waals surface area contributed by atoms with E-state index < -0.39 is 11.6 Å². The van der Waals surface area contributed by atoms with Crippen molar-refractivity contribution in [3.05, 3.63) is 64.6 Å². The molecule has 0 amide bonds. The van der Waals surface area contributed by atoms with Gasteiger partial charge >= 0.3 is 0 Å². The van der Waals surface area contributed by atoms with Crippen molar-refractivity contribution in [1.29, 1.82) is 0 Å². The van der Waals surface area contributed by atoms with Crippen LogP contribution in [0.5, 0.6) is 5.75 Å². The third kappa shape index (κ3) is 5.01. The molecule has 1 aromatic heterocycles. The molecular weight excluding hydrogens is 510 g/mol. The second-order valence-electron chi connectivity index (χ2n) is 11.6. The Morgan fingerprint density at radius 3 is 2.55 bits per heavy atom. The highest BCUT2D eigenvalue weighted by Crippen LogP contribution is 2.39. The van der Waals surface area contributed by atoms with E-state index in [-0.39, 0.29) is 17.5 Å². The van der Waals surface area contributed by atoms with Gasteiger partial charge in [-0.2, -0.15) is 0 Å². The highest BCUT2D eigenvalue weighted by molar-refractivity contribution is 5.72. The van der Waals surface area contributed by atoms with Gasteiger partial charge in [-0.1, -0.05) is 6.07 Å². The molecule has 0 atom stereocenters. The minimum Gasteiger partial charge on any atom is -0.486 e. The van der Waals surface area contributed by atoms with Crippen molar-refractivity contribution >= 4 is 11.4 Å². The molecule has 212 valence electrons. The molecule has 1 saturated heterocycles. The van der Waals surface area contributed by atoms with Gasteiger partial charge in [0.1, 0.15) is 18.1 Å². The van der Waals surface area contributed by atoms with Crippen molar-refractivity contribution in [3.8, 4) is 17.0 Å². The Kier molecular flexibility index (Phi) is 7.35. The Bertz CT molecular complexity index is 1400. The number of nitrogens with zero attached hydrogens (tertiary/aromatic N) is 5. The summed E-state index contributed by atoms with van der Waals surface area (Å²) >= 11 is 0. The van der Waals surface area contributed by atoms with Gasteiger partial charge in [0.15, 0.2) is 17.4 Å². The molecule has 40 heavy (non-hydrogen) atoms. The lowest BCUT2D eigenvalue weighted by molar-refractivity contribution is 0.249. The fourth-order valence-electron chi connectivity index (χ4n) is 6.38. The van der Waals surface area contributed by atoms with E-state index in [2.05, 4.69) is 56.2 Å². The molecule has 6 rings (SSSR count). The number of halogens is 2. The van der Waals surface area contributed by atoms with Crippen LogP contribution in [0.25, 0.3) is 11.3 Å². The number of hydrogen-bond donors (Lipinski definition) is 1. The third-order valence-corrected chi connectivity index (χ3v) is 8.59. The molecule has 0 unspecified atom stereocenters. The normalized spacial score (nSPS) is 17.4. The number of anilines is 2. The number of hydrogen-bond acceptors (Lipinski definition) is 7. The van der Waals surface area contributed by atoms with Gasteiger partial charge in [0, 0.05) is 55.9 Å². The Balaban J connectivity index is 1.29. The van der Waals surface area contributed by atoms with Crippen LogP contribution in [0, 0.1) is 11.6 Å². The van der Waals surface area contributed by atoms with Crippen LogP contribution in [0.2, 0.25) is 0 Å². The number of rotatable bonds is 6. The molecule has 7 nitrogen and oxygen atoms in total.